The molecule has 1 amide bonds. The number of nitrogens with one attached hydrogen (secondary N) is 2. The van der Waals surface area contributed by atoms with Gasteiger partial charge in [-0.3, -0.25) is 15.1 Å². The Hall–Kier alpha value is -2.37. The average Bonchev–Trinajstić information content (AvgIpc) is 2.76. The molecule has 0 spiro atoms. The number of rotatable bonds is 4. The molecule has 2 aromatic rings. The third kappa shape index (κ3) is 2.65. The molecule has 94 valence electrons. The highest BCUT2D eigenvalue weighted by Gasteiger charge is 2.13. The summed E-state index contributed by atoms with van der Waals surface area (Å²) in [5.74, 6) is -0.305. The molecule has 0 saturated carbocycles. The number of aryl methyl sites for hydroxylation is 1. The van der Waals surface area contributed by atoms with Gasteiger partial charge in [-0.15, -0.1) is 0 Å². The molecule has 2 aromatic heterocycles. The molecule has 18 heavy (non-hydrogen) atoms. The van der Waals surface area contributed by atoms with Crippen LogP contribution in [0.4, 0.5) is 11.7 Å². The van der Waals surface area contributed by atoms with Gasteiger partial charge in [0.1, 0.15) is 6.26 Å². The zero-order valence-electron chi connectivity index (χ0n) is 10.2. The van der Waals surface area contributed by atoms with Crippen LogP contribution in [0.25, 0.3) is 0 Å². The number of hydrogen-bond donors (Lipinski definition) is 2. The summed E-state index contributed by atoms with van der Waals surface area (Å²) in [5, 5.41) is 5.68. The predicted octanol–water partition coefficient (Wildman–Crippen LogP) is 2.06. The molecule has 2 rings (SSSR count). The third-order valence-corrected chi connectivity index (χ3v) is 2.27. The topological polar surface area (TPSA) is 80.0 Å². The van der Waals surface area contributed by atoms with E-state index in [1.807, 2.05) is 6.92 Å². The van der Waals surface area contributed by atoms with E-state index in [1.54, 1.807) is 19.2 Å². The first-order valence-corrected chi connectivity index (χ1v) is 5.62. The van der Waals surface area contributed by atoms with Crippen molar-refractivity contribution in [3.8, 4) is 0 Å². The van der Waals surface area contributed by atoms with Gasteiger partial charge in [-0.1, -0.05) is 0 Å². The highest BCUT2D eigenvalue weighted by atomic mass is 16.4. The van der Waals surface area contributed by atoms with Gasteiger partial charge in [0.25, 0.3) is 5.91 Å². The van der Waals surface area contributed by atoms with E-state index in [1.165, 1.54) is 12.5 Å². The fraction of sp³-hybridized carbons (Fsp3) is 0.250. The minimum atomic E-state index is -0.305. The fourth-order valence-corrected chi connectivity index (χ4v) is 1.50. The second kappa shape index (κ2) is 5.31. The van der Waals surface area contributed by atoms with Crippen molar-refractivity contribution < 1.29 is 9.21 Å². The van der Waals surface area contributed by atoms with Gasteiger partial charge in [0, 0.05) is 18.9 Å². The zero-order chi connectivity index (χ0) is 13.0. The van der Waals surface area contributed by atoms with E-state index in [9.17, 15) is 4.79 Å². The molecule has 6 heteroatoms. The maximum atomic E-state index is 12.0. The minimum Gasteiger partial charge on any atom is -0.432 e. The molecule has 0 aliphatic carbocycles. The maximum Gasteiger partial charge on any atom is 0.301 e. The van der Waals surface area contributed by atoms with Crippen molar-refractivity contribution in [3.63, 3.8) is 0 Å². The molecule has 0 fully saturated rings. The summed E-state index contributed by atoms with van der Waals surface area (Å²) in [7, 11) is 0. The number of pyridine rings is 1. The van der Waals surface area contributed by atoms with Gasteiger partial charge in [0.15, 0.2) is 0 Å². The molecule has 0 bridgehead atoms. The normalized spacial score (nSPS) is 10.1. The molecule has 0 aliphatic rings. The summed E-state index contributed by atoms with van der Waals surface area (Å²) in [4.78, 5) is 20.0. The molecule has 2 N–H and O–H groups in total. The van der Waals surface area contributed by atoms with Gasteiger partial charge in [0.2, 0.25) is 0 Å². The van der Waals surface area contributed by atoms with E-state index in [0.29, 0.717) is 11.3 Å². The van der Waals surface area contributed by atoms with Crippen LogP contribution in [0.2, 0.25) is 0 Å². The third-order valence-electron chi connectivity index (χ3n) is 2.27. The Morgan fingerprint density at radius 1 is 1.50 bits per heavy atom. The standard InChI is InChI=1S/C12H14N4O2/c1-3-14-10-4-5-13-6-9(10)11(17)16-12-15-8(2)7-18-12/h4-7H,3H2,1-2H3,(H,13,14)(H,15,16,17). The van der Waals surface area contributed by atoms with Crippen molar-refractivity contribution in [1.29, 1.82) is 0 Å². The summed E-state index contributed by atoms with van der Waals surface area (Å²) in [5.41, 5.74) is 1.90. The summed E-state index contributed by atoms with van der Waals surface area (Å²) >= 11 is 0. The zero-order valence-corrected chi connectivity index (χ0v) is 10.2. The van der Waals surface area contributed by atoms with Crippen LogP contribution in [-0.2, 0) is 0 Å². The summed E-state index contributed by atoms with van der Waals surface area (Å²) < 4.78 is 5.07. The molecule has 0 saturated heterocycles. The minimum absolute atomic E-state index is 0.184. The van der Waals surface area contributed by atoms with E-state index in [4.69, 9.17) is 4.42 Å². The molecular formula is C12H14N4O2. The summed E-state index contributed by atoms with van der Waals surface area (Å²) in [6.07, 6.45) is 4.61. The summed E-state index contributed by atoms with van der Waals surface area (Å²) in [6, 6.07) is 1.93. The van der Waals surface area contributed by atoms with Crippen LogP contribution in [0, 0.1) is 6.92 Å². The van der Waals surface area contributed by atoms with E-state index < -0.39 is 0 Å². The molecule has 0 aromatic carbocycles. The van der Waals surface area contributed by atoms with Gasteiger partial charge >= 0.3 is 6.01 Å². The number of nitrogens with zero attached hydrogens (tertiary/aromatic N) is 2. The first-order valence-electron chi connectivity index (χ1n) is 5.62. The number of carbonyl (C=O) groups excluding carboxylic acids is 1. The first kappa shape index (κ1) is 12.1. The van der Waals surface area contributed by atoms with Crippen LogP contribution in [0.1, 0.15) is 23.0 Å². The molecule has 6 nitrogen and oxygen atoms in total. The SMILES string of the molecule is CCNc1ccncc1C(=O)Nc1nc(C)co1. The average molecular weight is 246 g/mol. The van der Waals surface area contributed by atoms with E-state index in [-0.39, 0.29) is 11.9 Å². The van der Waals surface area contributed by atoms with Crippen LogP contribution in [0.15, 0.2) is 29.1 Å². The van der Waals surface area contributed by atoms with Crippen LogP contribution in [0.3, 0.4) is 0 Å². The van der Waals surface area contributed by atoms with Crippen LogP contribution in [0.5, 0.6) is 0 Å². The monoisotopic (exact) mass is 246 g/mol. The van der Waals surface area contributed by atoms with Crippen molar-refractivity contribution in [3.05, 3.63) is 36.0 Å². The number of anilines is 2. The molecule has 2 heterocycles. The van der Waals surface area contributed by atoms with Gasteiger partial charge < -0.3 is 9.73 Å². The molecule has 0 radical (unpaired) electrons. The Balaban J connectivity index is 2.18. The maximum absolute atomic E-state index is 12.0. The van der Waals surface area contributed by atoms with E-state index in [2.05, 4.69) is 20.6 Å². The van der Waals surface area contributed by atoms with Gasteiger partial charge in [-0.05, 0) is 19.9 Å². The lowest BCUT2D eigenvalue weighted by Crippen LogP contribution is -2.15. The largest absolute Gasteiger partial charge is 0.432 e. The molecule has 0 aliphatic heterocycles. The van der Waals surface area contributed by atoms with Crippen molar-refractivity contribution >= 4 is 17.6 Å². The molecule has 0 atom stereocenters. The summed E-state index contributed by atoms with van der Waals surface area (Å²) in [6.45, 7) is 4.47. The van der Waals surface area contributed by atoms with Gasteiger partial charge in [-0.2, -0.15) is 4.98 Å². The van der Waals surface area contributed by atoms with Crippen molar-refractivity contribution in [1.82, 2.24) is 9.97 Å². The van der Waals surface area contributed by atoms with Crippen LogP contribution in [-0.4, -0.2) is 22.4 Å². The Kier molecular flexibility index (Phi) is 3.57. The lowest BCUT2D eigenvalue weighted by molar-refractivity contribution is 0.102. The number of oxazole rings is 1. The van der Waals surface area contributed by atoms with Crippen molar-refractivity contribution in [2.75, 3.05) is 17.2 Å². The van der Waals surface area contributed by atoms with Crippen LogP contribution < -0.4 is 10.6 Å². The lowest BCUT2D eigenvalue weighted by atomic mass is 10.2. The van der Waals surface area contributed by atoms with Gasteiger partial charge in [0.05, 0.1) is 16.9 Å². The number of aromatic nitrogens is 2. The number of hydrogen-bond acceptors (Lipinski definition) is 5. The lowest BCUT2D eigenvalue weighted by Gasteiger charge is -2.08. The Morgan fingerprint density at radius 2 is 2.33 bits per heavy atom. The van der Waals surface area contributed by atoms with Crippen LogP contribution >= 0.6 is 0 Å². The second-order valence-electron chi connectivity index (χ2n) is 3.70. The Labute approximate surface area is 104 Å². The first-order chi connectivity index (χ1) is 8.70. The number of amides is 1. The highest BCUT2D eigenvalue weighted by Crippen LogP contribution is 2.15. The van der Waals surface area contributed by atoms with Crippen molar-refractivity contribution in [2.24, 2.45) is 0 Å². The fourth-order valence-electron chi connectivity index (χ4n) is 1.50. The predicted molar refractivity (Wildman–Crippen MR) is 67.6 cm³/mol. The Bertz CT molecular complexity index is 551. The van der Waals surface area contributed by atoms with E-state index in [0.717, 1.165) is 12.2 Å². The quantitative estimate of drug-likeness (QED) is 0.863. The highest BCUT2D eigenvalue weighted by molar-refractivity contribution is 6.06. The number of carbonyl (C=O) groups is 1. The van der Waals surface area contributed by atoms with Gasteiger partial charge in [-0.25, -0.2) is 0 Å². The molecule has 0 unspecified atom stereocenters. The smallest absolute Gasteiger partial charge is 0.301 e. The second-order valence-corrected chi connectivity index (χ2v) is 3.70. The Morgan fingerprint density at radius 3 is 3.00 bits per heavy atom. The van der Waals surface area contributed by atoms with Crippen molar-refractivity contribution in [2.45, 2.75) is 13.8 Å². The van der Waals surface area contributed by atoms with E-state index >= 15 is 0 Å². The molecular weight excluding hydrogens is 232 g/mol.